The lowest BCUT2D eigenvalue weighted by Gasteiger charge is -2.26. The summed E-state index contributed by atoms with van der Waals surface area (Å²) in [6.45, 7) is 7.04. The van der Waals surface area contributed by atoms with Gasteiger partial charge in [0.25, 0.3) is 0 Å². The minimum atomic E-state index is -0.379. The molecule has 1 aliphatic heterocycles. The number of hydrogen-bond acceptors (Lipinski definition) is 6. The van der Waals surface area contributed by atoms with Crippen molar-refractivity contribution in [3.8, 4) is 0 Å². The van der Waals surface area contributed by atoms with Crippen LogP contribution in [0.4, 0.5) is 17.3 Å². The Morgan fingerprint density at radius 3 is 2.62 bits per heavy atom. The van der Waals surface area contributed by atoms with Crippen LogP contribution >= 0.6 is 0 Å². The van der Waals surface area contributed by atoms with E-state index in [0.717, 1.165) is 32.4 Å². The quantitative estimate of drug-likeness (QED) is 0.387. The van der Waals surface area contributed by atoms with Gasteiger partial charge < -0.3 is 15.5 Å². The molecule has 0 radical (unpaired) electrons. The van der Waals surface area contributed by atoms with E-state index in [1.165, 1.54) is 38.4 Å². The van der Waals surface area contributed by atoms with E-state index >= 15 is 0 Å². The molecule has 7 nitrogen and oxygen atoms in total. The van der Waals surface area contributed by atoms with Crippen LogP contribution in [0.25, 0.3) is 0 Å². The number of nitrogens with one attached hydrogen (secondary N) is 2. The number of aromatic nitrogens is 1. The van der Waals surface area contributed by atoms with Gasteiger partial charge in [-0.3, -0.25) is 10.1 Å². The number of nitrogens with zero attached hydrogens (tertiary/aromatic N) is 3. The van der Waals surface area contributed by atoms with Crippen molar-refractivity contribution in [2.45, 2.75) is 45.4 Å². The van der Waals surface area contributed by atoms with E-state index in [4.69, 9.17) is 0 Å². The van der Waals surface area contributed by atoms with Gasteiger partial charge in [-0.05, 0) is 51.4 Å². The van der Waals surface area contributed by atoms with Gasteiger partial charge in [-0.15, -0.1) is 0 Å². The Hall–Kier alpha value is -1.89. The van der Waals surface area contributed by atoms with Gasteiger partial charge in [-0.2, -0.15) is 0 Å². The van der Waals surface area contributed by atoms with Gasteiger partial charge >= 0.3 is 5.69 Å². The van der Waals surface area contributed by atoms with Gasteiger partial charge in [0.1, 0.15) is 5.82 Å². The molecule has 1 aromatic rings. The largest absolute Gasteiger partial charge is 0.370 e. The lowest BCUT2D eigenvalue weighted by molar-refractivity contribution is -0.384. The van der Waals surface area contributed by atoms with Crippen LogP contribution in [0.1, 0.15) is 45.4 Å². The molecule has 0 aromatic carbocycles. The molecule has 2 heterocycles. The summed E-state index contributed by atoms with van der Waals surface area (Å²) >= 11 is 0. The van der Waals surface area contributed by atoms with Crippen LogP contribution in [0.15, 0.2) is 12.1 Å². The topological polar surface area (TPSA) is 83.3 Å². The molecule has 134 valence electrons. The van der Waals surface area contributed by atoms with Crippen molar-refractivity contribution in [2.75, 3.05) is 43.4 Å². The van der Waals surface area contributed by atoms with Gasteiger partial charge in [0, 0.05) is 19.2 Å². The monoisotopic (exact) mass is 335 g/mol. The maximum atomic E-state index is 11.2. The fourth-order valence-electron chi connectivity index (χ4n) is 2.91. The first-order valence-electron chi connectivity index (χ1n) is 9.06. The normalized spacial score (nSPS) is 15.2. The smallest absolute Gasteiger partial charge is 0.311 e. The SMILES string of the molecule is CCCCNc1ccc([N+](=O)[O-])c(NCCCN2CCCCC2)n1. The fourth-order valence-corrected chi connectivity index (χ4v) is 2.91. The minimum absolute atomic E-state index is 0.0361. The van der Waals surface area contributed by atoms with Crippen LogP contribution in [0.5, 0.6) is 0 Å². The van der Waals surface area contributed by atoms with Crippen molar-refractivity contribution >= 4 is 17.3 Å². The summed E-state index contributed by atoms with van der Waals surface area (Å²) in [6.07, 6.45) is 7.02. The number of likely N-dealkylation sites (tertiary alicyclic amines) is 1. The molecule has 2 rings (SSSR count). The van der Waals surface area contributed by atoms with Crippen molar-refractivity contribution in [2.24, 2.45) is 0 Å². The van der Waals surface area contributed by atoms with Crippen molar-refractivity contribution in [3.63, 3.8) is 0 Å². The molecular formula is C17H29N5O2. The van der Waals surface area contributed by atoms with E-state index in [0.29, 0.717) is 18.2 Å². The number of nitro groups is 1. The van der Waals surface area contributed by atoms with Crippen molar-refractivity contribution in [1.29, 1.82) is 0 Å². The molecule has 0 aliphatic carbocycles. The highest BCUT2D eigenvalue weighted by Crippen LogP contribution is 2.24. The van der Waals surface area contributed by atoms with Gasteiger partial charge in [-0.25, -0.2) is 4.98 Å². The number of anilines is 2. The molecule has 1 aromatic heterocycles. The predicted octanol–water partition coefficient (Wildman–Crippen LogP) is 3.49. The molecule has 0 bridgehead atoms. The molecule has 7 heteroatoms. The van der Waals surface area contributed by atoms with E-state index in [1.54, 1.807) is 6.07 Å². The lowest BCUT2D eigenvalue weighted by atomic mass is 10.1. The highest BCUT2D eigenvalue weighted by atomic mass is 16.6. The average Bonchev–Trinajstić information content (AvgIpc) is 2.60. The summed E-state index contributed by atoms with van der Waals surface area (Å²) in [7, 11) is 0. The Labute approximate surface area is 144 Å². The van der Waals surface area contributed by atoms with Crippen molar-refractivity contribution in [3.05, 3.63) is 22.2 Å². The summed E-state index contributed by atoms with van der Waals surface area (Å²) in [4.78, 5) is 17.6. The van der Waals surface area contributed by atoms with E-state index in [1.807, 2.05) is 0 Å². The van der Waals surface area contributed by atoms with Crippen LogP contribution in [-0.2, 0) is 0 Å². The molecule has 0 amide bonds. The number of unbranched alkanes of at least 4 members (excludes halogenated alkanes) is 1. The highest BCUT2D eigenvalue weighted by molar-refractivity contribution is 5.60. The first kappa shape index (κ1) is 18.4. The Kier molecular flexibility index (Phi) is 7.74. The third-order valence-electron chi connectivity index (χ3n) is 4.30. The molecular weight excluding hydrogens is 306 g/mol. The second kappa shape index (κ2) is 10.1. The molecule has 0 atom stereocenters. The fraction of sp³-hybridized carbons (Fsp3) is 0.706. The molecule has 0 unspecified atom stereocenters. The van der Waals surface area contributed by atoms with Gasteiger partial charge in [-0.1, -0.05) is 19.8 Å². The van der Waals surface area contributed by atoms with Crippen LogP contribution in [0, 0.1) is 10.1 Å². The molecule has 0 saturated carbocycles. The summed E-state index contributed by atoms with van der Waals surface area (Å²) < 4.78 is 0. The van der Waals surface area contributed by atoms with Gasteiger partial charge in [0.15, 0.2) is 0 Å². The Balaban J connectivity index is 1.85. The maximum Gasteiger partial charge on any atom is 0.311 e. The molecule has 1 fully saturated rings. The van der Waals surface area contributed by atoms with E-state index in [9.17, 15) is 10.1 Å². The Bertz CT molecular complexity index is 518. The minimum Gasteiger partial charge on any atom is -0.370 e. The van der Waals surface area contributed by atoms with Crippen molar-refractivity contribution in [1.82, 2.24) is 9.88 Å². The molecule has 24 heavy (non-hydrogen) atoms. The molecule has 0 spiro atoms. The van der Waals surface area contributed by atoms with Crippen molar-refractivity contribution < 1.29 is 4.92 Å². The summed E-state index contributed by atoms with van der Waals surface area (Å²) in [5, 5.41) is 17.5. The highest BCUT2D eigenvalue weighted by Gasteiger charge is 2.16. The van der Waals surface area contributed by atoms with Gasteiger partial charge in [0.05, 0.1) is 4.92 Å². The second-order valence-electron chi connectivity index (χ2n) is 6.28. The number of rotatable bonds is 10. The van der Waals surface area contributed by atoms with E-state index < -0.39 is 0 Å². The zero-order valence-corrected chi connectivity index (χ0v) is 14.6. The number of pyridine rings is 1. The third-order valence-corrected chi connectivity index (χ3v) is 4.30. The molecule has 1 aliphatic rings. The summed E-state index contributed by atoms with van der Waals surface area (Å²) in [6, 6.07) is 3.20. The Morgan fingerprint density at radius 2 is 1.92 bits per heavy atom. The van der Waals surface area contributed by atoms with Crippen LogP contribution in [-0.4, -0.2) is 47.5 Å². The molecule has 2 N–H and O–H groups in total. The zero-order valence-electron chi connectivity index (χ0n) is 14.6. The first-order valence-corrected chi connectivity index (χ1v) is 9.06. The number of hydrogen-bond donors (Lipinski definition) is 2. The summed E-state index contributed by atoms with van der Waals surface area (Å²) in [5.74, 6) is 1.05. The summed E-state index contributed by atoms with van der Waals surface area (Å²) in [5.41, 5.74) is 0.0361. The average molecular weight is 335 g/mol. The third kappa shape index (κ3) is 5.96. The van der Waals surface area contributed by atoms with Gasteiger partial charge in [0.2, 0.25) is 5.82 Å². The lowest BCUT2D eigenvalue weighted by Crippen LogP contribution is -2.31. The van der Waals surface area contributed by atoms with E-state index in [2.05, 4.69) is 27.4 Å². The van der Waals surface area contributed by atoms with E-state index in [-0.39, 0.29) is 10.6 Å². The van der Waals surface area contributed by atoms with Crippen LogP contribution in [0.3, 0.4) is 0 Å². The standard InChI is InChI=1S/C17H29N5O2/c1-2-3-10-18-16-9-8-15(22(23)24)17(20-16)19-11-7-14-21-12-5-4-6-13-21/h8-9H,2-7,10-14H2,1H3,(H2,18,19,20). The Morgan fingerprint density at radius 1 is 1.17 bits per heavy atom. The maximum absolute atomic E-state index is 11.2. The number of piperidine rings is 1. The first-order chi connectivity index (χ1) is 11.7. The molecule has 1 saturated heterocycles. The van der Waals surface area contributed by atoms with Crippen LogP contribution < -0.4 is 10.6 Å². The zero-order chi connectivity index (χ0) is 17.2. The van der Waals surface area contributed by atoms with Crippen LogP contribution in [0.2, 0.25) is 0 Å². The second-order valence-corrected chi connectivity index (χ2v) is 6.28. The predicted molar refractivity (Wildman–Crippen MR) is 97.7 cm³/mol.